The molecule has 0 saturated heterocycles. The Labute approximate surface area is 297 Å². The normalized spacial score (nSPS) is 13.3. The average Bonchev–Trinajstić information content (AvgIpc) is 3.92. The van der Waals surface area contributed by atoms with Crippen molar-refractivity contribution >= 4 is 65.7 Å². The van der Waals surface area contributed by atoms with Crippen LogP contribution in [0.25, 0.3) is 106 Å². The first kappa shape index (κ1) is 23.3. The highest BCUT2D eigenvalue weighted by molar-refractivity contribution is 6.16. The Morgan fingerprint density at radius 1 is 0.451 bits per heavy atom. The highest BCUT2D eigenvalue weighted by atomic mass is 16.3. The minimum Gasteiger partial charge on any atom is -0.456 e. The van der Waals surface area contributed by atoms with E-state index in [1.807, 2.05) is 84.9 Å². The van der Waals surface area contributed by atoms with Gasteiger partial charge in [0.25, 0.3) is 0 Å². The van der Waals surface area contributed by atoms with Gasteiger partial charge in [-0.3, -0.25) is 0 Å². The maximum Gasteiger partial charge on any atom is 0.167 e. The summed E-state index contributed by atoms with van der Waals surface area (Å²) in [7, 11) is 0. The predicted molar refractivity (Wildman–Crippen MR) is 205 cm³/mol. The van der Waals surface area contributed by atoms with Gasteiger partial charge in [0.15, 0.2) is 17.5 Å². The van der Waals surface area contributed by atoms with Crippen LogP contribution in [0.4, 0.5) is 0 Å². The summed E-state index contributed by atoms with van der Waals surface area (Å²) >= 11 is 0. The zero-order valence-electron chi connectivity index (χ0n) is 31.7. The van der Waals surface area contributed by atoms with Gasteiger partial charge in [0.2, 0.25) is 0 Å². The molecule has 0 atom stereocenters. The predicted octanol–water partition coefficient (Wildman–Crippen LogP) is 11.8. The van der Waals surface area contributed by atoms with Crippen molar-refractivity contribution in [2.75, 3.05) is 0 Å². The molecule has 11 aromatic rings. The van der Waals surface area contributed by atoms with Crippen LogP contribution in [0.2, 0.25) is 0 Å². The summed E-state index contributed by atoms with van der Waals surface area (Å²) in [5.74, 6) is 0.392. The molecule has 4 aromatic heterocycles. The second-order valence-corrected chi connectivity index (χ2v) is 12.4. The third-order valence-corrected chi connectivity index (χ3v) is 9.56. The van der Waals surface area contributed by atoms with Gasteiger partial charge < -0.3 is 13.4 Å². The van der Waals surface area contributed by atoms with Gasteiger partial charge in [-0.05, 0) is 42.5 Å². The Bertz CT molecular complexity index is 3380. The fourth-order valence-electron chi connectivity index (χ4n) is 7.43. The van der Waals surface area contributed by atoms with Gasteiger partial charge in [0.1, 0.15) is 22.3 Å². The lowest BCUT2D eigenvalue weighted by Gasteiger charge is -2.10. The second-order valence-electron chi connectivity index (χ2n) is 12.4. The van der Waals surface area contributed by atoms with Crippen LogP contribution in [-0.2, 0) is 0 Å². The zero-order valence-corrected chi connectivity index (χ0v) is 26.7. The van der Waals surface area contributed by atoms with Crippen molar-refractivity contribution in [3.63, 3.8) is 0 Å². The van der Waals surface area contributed by atoms with E-state index in [2.05, 4.69) is 47.0 Å². The molecule has 0 fully saturated rings. The molecule has 6 heteroatoms. The van der Waals surface area contributed by atoms with Crippen LogP contribution in [0.1, 0.15) is 6.85 Å². The molecular weight excluding hydrogens is 629 g/mol. The van der Waals surface area contributed by atoms with E-state index < -0.39 is 30.2 Å². The smallest absolute Gasteiger partial charge is 0.167 e. The minimum atomic E-state index is -0.501. The van der Waals surface area contributed by atoms with Crippen molar-refractivity contribution in [3.8, 4) is 39.9 Å². The van der Waals surface area contributed by atoms with Crippen LogP contribution < -0.4 is 0 Å². The molecule has 0 unspecified atom stereocenters. The number of hydrogen-bond acceptors (Lipinski definition) is 5. The van der Waals surface area contributed by atoms with Crippen LogP contribution in [-0.4, -0.2) is 19.5 Å². The molecule has 0 bridgehead atoms. The molecular formula is C45H26N4O2. The molecule has 0 aliphatic heterocycles. The largest absolute Gasteiger partial charge is 0.456 e. The summed E-state index contributed by atoms with van der Waals surface area (Å²) in [6.07, 6.45) is 0. The SMILES string of the molecule is [2H]c1c([2H])c([2H])c(-c2nc(-c3cccc4c3oc3cccc(-n5c6ccccc6c6ccccc65)c34)nc(-c3cccc4oc5ccccc5c34)n2)c([2H])c1[2H]. The van der Waals surface area contributed by atoms with E-state index in [-0.39, 0.29) is 23.0 Å². The third kappa shape index (κ3) is 4.14. The van der Waals surface area contributed by atoms with Gasteiger partial charge in [-0.25, -0.2) is 15.0 Å². The average molecular weight is 660 g/mol. The maximum atomic E-state index is 8.84. The Hall–Kier alpha value is -7.05. The van der Waals surface area contributed by atoms with E-state index in [1.165, 1.54) is 0 Å². The summed E-state index contributed by atoms with van der Waals surface area (Å²) in [6.45, 7) is 0. The summed E-state index contributed by atoms with van der Waals surface area (Å²) < 4.78 is 58.0. The molecule has 7 aromatic carbocycles. The van der Waals surface area contributed by atoms with Crippen LogP contribution in [0.3, 0.4) is 0 Å². The van der Waals surface area contributed by atoms with E-state index in [1.54, 1.807) is 0 Å². The Kier molecular flexibility index (Phi) is 4.91. The van der Waals surface area contributed by atoms with Crippen molar-refractivity contribution in [2.24, 2.45) is 0 Å². The van der Waals surface area contributed by atoms with Gasteiger partial charge in [0, 0.05) is 38.1 Å². The van der Waals surface area contributed by atoms with Crippen LogP contribution in [0.15, 0.2) is 166 Å². The molecule has 238 valence electrons. The first-order valence-corrected chi connectivity index (χ1v) is 16.5. The Balaban J connectivity index is 1.21. The molecule has 0 saturated carbocycles. The number of aromatic nitrogens is 4. The quantitative estimate of drug-likeness (QED) is 0.188. The van der Waals surface area contributed by atoms with E-state index in [9.17, 15) is 0 Å². The number of para-hydroxylation sites is 4. The lowest BCUT2D eigenvalue weighted by atomic mass is 10.0. The number of nitrogens with zero attached hydrogens (tertiary/aromatic N) is 4. The number of hydrogen-bond donors (Lipinski definition) is 0. The molecule has 0 N–H and O–H groups in total. The molecule has 51 heavy (non-hydrogen) atoms. The number of rotatable bonds is 4. The lowest BCUT2D eigenvalue weighted by Crippen LogP contribution is -2.00. The van der Waals surface area contributed by atoms with Gasteiger partial charge in [0.05, 0.1) is 34.5 Å². The van der Waals surface area contributed by atoms with E-state index in [0.29, 0.717) is 33.5 Å². The molecule has 0 radical (unpaired) electrons. The van der Waals surface area contributed by atoms with E-state index >= 15 is 0 Å². The Morgan fingerprint density at radius 2 is 1.02 bits per heavy atom. The van der Waals surface area contributed by atoms with Crippen molar-refractivity contribution in [1.29, 1.82) is 0 Å². The van der Waals surface area contributed by atoms with Crippen molar-refractivity contribution in [2.45, 2.75) is 0 Å². The summed E-state index contributed by atoms with van der Waals surface area (Å²) in [4.78, 5) is 14.7. The highest BCUT2D eigenvalue weighted by Crippen LogP contribution is 2.42. The second kappa shape index (κ2) is 10.7. The number of benzene rings is 7. The van der Waals surface area contributed by atoms with E-state index in [0.717, 1.165) is 49.0 Å². The van der Waals surface area contributed by atoms with Crippen LogP contribution in [0.5, 0.6) is 0 Å². The highest BCUT2D eigenvalue weighted by Gasteiger charge is 2.22. The molecule has 0 aliphatic carbocycles. The Morgan fingerprint density at radius 3 is 1.80 bits per heavy atom. The van der Waals surface area contributed by atoms with Crippen molar-refractivity contribution < 1.29 is 15.7 Å². The maximum absolute atomic E-state index is 8.84. The zero-order chi connectivity index (χ0) is 37.8. The van der Waals surface area contributed by atoms with Gasteiger partial charge in [-0.15, -0.1) is 0 Å². The number of fused-ring (bicyclic) bond motifs is 9. The lowest BCUT2D eigenvalue weighted by molar-refractivity contribution is 0.668. The fraction of sp³-hybridized carbons (Fsp3) is 0. The van der Waals surface area contributed by atoms with Crippen LogP contribution >= 0.6 is 0 Å². The van der Waals surface area contributed by atoms with Gasteiger partial charge in [-0.1, -0.05) is 115 Å². The van der Waals surface area contributed by atoms with Crippen molar-refractivity contribution in [3.05, 3.63) is 158 Å². The van der Waals surface area contributed by atoms with Gasteiger partial charge in [-0.2, -0.15) is 0 Å². The summed E-state index contributed by atoms with van der Waals surface area (Å²) in [6, 6.07) is 39.5. The monoisotopic (exact) mass is 659 g/mol. The summed E-state index contributed by atoms with van der Waals surface area (Å²) in [5, 5.41) is 5.68. The van der Waals surface area contributed by atoms with Crippen molar-refractivity contribution in [1.82, 2.24) is 19.5 Å². The minimum absolute atomic E-state index is 0.0640. The first-order chi connectivity index (χ1) is 27.4. The topological polar surface area (TPSA) is 69.9 Å². The molecule has 0 aliphatic rings. The molecule has 11 rings (SSSR count). The molecule has 0 amide bonds. The molecule has 6 nitrogen and oxygen atoms in total. The third-order valence-electron chi connectivity index (χ3n) is 9.56. The summed E-state index contributed by atoms with van der Waals surface area (Å²) in [5.41, 5.74) is 6.67. The van der Waals surface area contributed by atoms with Crippen LogP contribution in [0, 0.1) is 0 Å². The number of furan rings is 2. The fourth-order valence-corrected chi connectivity index (χ4v) is 7.43. The molecule has 0 spiro atoms. The standard InChI is InChI=1S/C45H26N4O2/c1-2-13-27(14-3-1)43-46-44(32-19-11-25-38-40(32)30-17-6-9-24-37(30)50-38)48-45(47-43)33-20-10-18-31-41-36(23-12-26-39(41)51-42(31)33)49-34-21-7-4-15-28(34)29-16-5-8-22-35(29)49/h1-26H/i1D,2D,3D,13D,14D. The van der Waals surface area contributed by atoms with E-state index in [4.69, 9.17) is 30.6 Å². The van der Waals surface area contributed by atoms with Gasteiger partial charge >= 0.3 is 0 Å². The first-order valence-electron chi connectivity index (χ1n) is 19.0. The molecule has 4 heterocycles.